The number of benzene rings is 1. The van der Waals surface area contributed by atoms with Gasteiger partial charge in [-0.2, -0.15) is 0 Å². The molecule has 0 fully saturated rings. The number of aromatic nitrogens is 1. The van der Waals surface area contributed by atoms with E-state index in [1.807, 2.05) is 18.2 Å². The van der Waals surface area contributed by atoms with Gasteiger partial charge in [0.2, 0.25) is 0 Å². The second-order valence-electron chi connectivity index (χ2n) is 4.41. The molecule has 0 spiro atoms. The molecule has 4 nitrogen and oxygen atoms in total. The van der Waals surface area contributed by atoms with E-state index in [0.29, 0.717) is 13.0 Å². The number of ether oxygens (including phenoxy) is 1. The molecule has 2 heterocycles. The Bertz CT molecular complexity index is 600. The Morgan fingerprint density at radius 3 is 3.00 bits per heavy atom. The van der Waals surface area contributed by atoms with Crippen LogP contribution in [0.25, 0.3) is 10.9 Å². The molecule has 4 heteroatoms. The van der Waals surface area contributed by atoms with Gasteiger partial charge in [0.05, 0.1) is 13.0 Å². The van der Waals surface area contributed by atoms with Gasteiger partial charge in [0.15, 0.2) is 0 Å². The van der Waals surface area contributed by atoms with Crippen LogP contribution in [-0.2, 0) is 17.8 Å². The van der Waals surface area contributed by atoms with Crippen molar-refractivity contribution < 1.29 is 14.6 Å². The number of nitrogens with zero attached hydrogens (tertiary/aromatic N) is 1. The lowest BCUT2D eigenvalue weighted by molar-refractivity contribution is -0.141. The molecule has 0 aliphatic carbocycles. The second-order valence-corrected chi connectivity index (χ2v) is 4.41. The van der Waals surface area contributed by atoms with E-state index in [1.54, 1.807) is 7.11 Å². The molecule has 1 unspecified atom stereocenters. The minimum Gasteiger partial charge on any atom is -0.497 e. The van der Waals surface area contributed by atoms with Crippen LogP contribution < -0.4 is 4.74 Å². The van der Waals surface area contributed by atoms with Gasteiger partial charge in [-0.1, -0.05) is 0 Å². The molecule has 0 radical (unpaired) electrons. The van der Waals surface area contributed by atoms with E-state index in [-0.39, 0.29) is 5.92 Å². The maximum Gasteiger partial charge on any atom is 0.308 e. The number of rotatable bonds is 2. The third-order valence-electron chi connectivity index (χ3n) is 3.40. The molecular weight excluding hydrogens is 218 g/mol. The molecule has 1 aliphatic heterocycles. The first-order chi connectivity index (χ1) is 8.19. The number of carboxylic acids is 1. The average Bonchev–Trinajstić information content (AvgIpc) is 2.84. The molecule has 1 aromatic carbocycles. The number of methoxy groups -OCH3 is 1. The summed E-state index contributed by atoms with van der Waals surface area (Å²) in [4.78, 5) is 11.0. The van der Waals surface area contributed by atoms with Crippen LogP contribution in [0.4, 0.5) is 0 Å². The van der Waals surface area contributed by atoms with Crippen LogP contribution in [0.1, 0.15) is 5.69 Å². The predicted octanol–water partition coefficient (Wildman–Crippen LogP) is 1.91. The van der Waals surface area contributed by atoms with Gasteiger partial charge in [-0.15, -0.1) is 0 Å². The van der Waals surface area contributed by atoms with Crippen LogP contribution in [0.3, 0.4) is 0 Å². The van der Waals surface area contributed by atoms with Crippen molar-refractivity contribution in [3.05, 3.63) is 30.0 Å². The van der Waals surface area contributed by atoms with Crippen LogP contribution in [0.2, 0.25) is 0 Å². The molecular formula is C13H13NO3. The molecule has 1 aromatic heterocycles. The second kappa shape index (κ2) is 3.52. The first-order valence-corrected chi connectivity index (χ1v) is 5.58. The van der Waals surface area contributed by atoms with E-state index < -0.39 is 5.97 Å². The quantitative estimate of drug-likeness (QED) is 0.858. The number of carboxylic acid groups (broad SMARTS) is 1. The summed E-state index contributed by atoms with van der Waals surface area (Å²) in [5, 5.41) is 10.1. The van der Waals surface area contributed by atoms with Crippen molar-refractivity contribution in [3.8, 4) is 5.75 Å². The Kier molecular flexibility index (Phi) is 2.11. The van der Waals surface area contributed by atoms with Gasteiger partial charge in [-0.3, -0.25) is 4.79 Å². The van der Waals surface area contributed by atoms with Crippen molar-refractivity contribution in [2.75, 3.05) is 7.11 Å². The summed E-state index contributed by atoms with van der Waals surface area (Å²) in [5.74, 6) is -0.163. The maximum absolute atomic E-state index is 11.0. The average molecular weight is 231 g/mol. The first-order valence-electron chi connectivity index (χ1n) is 5.58. The fourth-order valence-electron chi connectivity index (χ4n) is 2.52. The van der Waals surface area contributed by atoms with Gasteiger partial charge in [-0.05, 0) is 24.3 Å². The van der Waals surface area contributed by atoms with Gasteiger partial charge in [0.25, 0.3) is 0 Å². The predicted molar refractivity (Wildman–Crippen MR) is 63.3 cm³/mol. The minimum atomic E-state index is -0.713. The maximum atomic E-state index is 11.0. The molecule has 0 saturated carbocycles. The number of aliphatic carboxylic acids is 1. The fourth-order valence-corrected chi connectivity index (χ4v) is 2.52. The molecule has 1 aliphatic rings. The van der Waals surface area contributed by atoms with Crippen molar-refractivity contribution in [2.45, 2.75) is 13.0 Å². The molecule has 2 aromatic rings. The van der Waals surface area contributed by atoms with Crippen LogP contribution in [0.5, 0.6) is 5.75 Å². The summed E-state index contributed by atoms with van der Waals surface area (Å²) in [7, 11) is 1.64. The largest absolute Gasteiger partial charge is 0.497 e. The molecule has 0 saturated heterocycles. The highest BCUT2D eigenvalue weighted by atomic mass is 16.5. The zero-order valence-electron chi connectivity index (χ0n) is 9.51. The summed E-state index contributed by atoms with van der Waals surface area (Å²) < 4.78 is 7.27. The van der Waals surface area contributed by atoms with E-state index in [1.165, 1.54) is 0 Å². The highest BCUT2D eigenvalue weighted by Gasteiger charge is 2.28. The Balaban J connectivity index is 2.07. The van der Waals surface area contributed by atoms with E-state index >= 15 is 0 Å². The lowest BCUT2D eigenvalue weighted by Crippen LogP contribution is -2.14. The van der Waals surface area contributed by atoms with E-state index in [0.717, 1.165) is 22.3 Å². The Hall–Kier alpha value is -1.97. The van der Waals surface area contributed by atoms with Gasteiger partial charge in [0, 0.05) is 29.6 Å². The van der Waals surface area contributed by atoms with E-state index in [4.69, 9.17) is 9.84 Å². The van der Waals surface area contributed by atoms with Crippen LogP contribution >= 0.6 is 0 Å². The van der Waals surface area contributed by atoms with Gasteiger partial charge in [0.1, 0.15) is 5.75 Å². The van der Waals surface area contributed by atoms with Crippen molar-refractivity contribution >= 4 is 16.9 Å². The number of carbonyl (C=O) groups is 1. The number of hydrogen-bond donors (Lipinski definition) is 1. The van der Waals surface area contributed by atoms with Crippen molar-refractivity contribution in [1.82, 2.24) is 4.57 Å². The Morgan fingerprint density at radius 2 is 2.29 bits per heavy atom. The third kappa shape index (κ3) is 1.48. The normalized spacial score (nSPS) is 18.3. The van der Waals surface area contributed by atoms with Crippen molar-refractivity contribution in [3.63, 3.8) is 0 Å². The molecule has 0 amide bonds. The van der Waals surface area contributed by atoms with Gasteiger partial charge in [-0.25, -0.2) is 0 Å². The fraction of sp³-hybridized carbons (Fsp3) is 0.308. The molecule has 1 N–H and O–H groups in total. The van der Waals surface area contributed by atoms with Crippen LogP contribution in [-0.4, -0.2) is 22.8 Å². The summed E-state index contributed by atoms with van der Waals surface area (Å²) in [6, 6.07) is 7.93. The van der Waals surface area contributed by atoms with Gasteiger partial charge < -0.3 is 14.4 Å². The van der Waals surface area contributed by atoms with Crippen LogP contribution in [0.15, 0.2) is 24.3 Å². The molecule has 1 atom stereocenters. The standard InChI is InChI=1S/C13H13NO3/c1-17-11-2-3-12-8(6-11)4-10-5-9(13(15)16)7-14(10)12/h2-4,6,9H,5,7H2,1H3,(H,15,16). The van der Waals surface area contributed by atoms with E-state index in [9.17, 15) is 4.79 Å². The lowest BCUT2D eigenvalue weighted by atomic mass is 10.1. The topological polar surface area (TPSA) is 51.5 Å². The summed E-state index contributed by atoms with van der Waals surface area (Å²) in [6.45, 7) is 0.570. The van der Waals surface area contributed by atoms with Crippen molar-refractivity contribution in [2.24, 2.45) is 5.92 Å². The summed E-state index contributed by atoms with van der Waals surface area (Å²) >= 11 is 0. The SMILES string of the molecule is COc1ccc2c(c1)cc1n2CC(C(=O)O)C1. The highest BCUT2D eigenvalue weighted by molar-refractivity contribution is 5.84. The van der Waals surface area contributed by atoms with Gasteiger partial charge >= 0.3 is 5.97 Å². The zero-order chi connectivity index (χ0) is 12.0. The zero-order valence-corrected chi connectivity index (χ0v) is 9.51. The molecule has 17 heavy (non-hydrogen) atoms. The summed E-state index contributed by atoms with van der Waals surface area (Å²) in [6.07, 6.45) is 0.617. The Labute approximate surface area is 98.4 Å². The molecule has 0 bridgehead atoms. The third-order valence-corrected chi connectivity index (χ3v) is 3.40. The van der Waals surface area contributed by atoms with E-state index in [2.05, 4.69) is 10.6 Å². The van der Waals surface area contributed by atoms with Crippen molar-refractivity contribution in [1.29, 1.82) is 0 Å². The first kappa shape index (κ1) is 10.2. The highest BCUT2D eigenvalue weighted by Crippen LogP contribution is 2.31. The molecule has 88 valence electrons. The summed E-state index contributed by atoms with van der Waals surface area (Å²) in [5.41, 5.74) is 2.19. The Morgan fingerprint density at radius 1 is 1.47 bits per heavy atom. The minimum absolute atomic E-state index is 0.281. The smallest absolute Gasteiger partial charge is 0.308 e. The molecule has 3 rings (SSSR count). The number of fused-ring (bicyclic) bond motifs is 3. The monoisotopic (exact) mass is 231 g/mol. The number of hydrogen-bond acceptors (Lipinski definition) is 2. The lowest BCUT2D eigenvalue weighted by Gasteiger charge is -2.04. The van der Waals surface area contributed by atoms with Crippen LogP contribution in [0, 0.1) is 5.92 Å².